The van der Waals surface area contributed by atoms with E-state index in [1.165, 1.54) is 5.30 Å². The van der Waals surface area contributed by atoms with Gasteiger partial charge in [0.15, 0.2) is 0 Å². The van der Waals surface area contributed by atoms with E-state index < -0.39 is 12.7 Å². The number of ether oxygens (including phenoxy) is 1. The van der Waals surface area contributed by atoms with Crippen LogP contribution in [0.15, 0.2) is 30.3 Å². The van der Waals surface area contributed by atoms with Gasteiger partial charge >= 0.3 is 5.43 Å². The molecule has 1 aromatic carbocycles. The number of rotatable bonds is 4. The van der Waals surface area contributed by atoms with Crippen molar-refractivity contribution in [3.05, 3.63) is 30.3 Å². The smallest absolute Gasteiger partial charge is 0.404 e. The fraction of sp³-hybridized carbons (Fsp3) is 0.417. The van der Waals surface area contributed by atoms with Crippen molar-refractivity contribution in [1.29, 1.82) is 0 Å². The molecule has 0 aromatic heterocycles. The molecule has 0 aliphatic heterocycles. The van der Waals surface area contributed by atoms with Crippen molar-refractivity contribution in [1.82, 2.24) is 0 Å². The molecule has 96 valence electrons. The van der Waals surface area contributed by atoms with Gasteiger partial charge in [0.05, 0.1) is 18.6 Å². The molecule has 1 unspecified atom stereocenters. The zero-order valence-electron chi connectivity index (χ0n) is 10.2. The molecule has 1 rings (SSSR count). The third kappa shape index (κ3) is 5.72. The molecule has 1 atom stereocenters. The summed E-state index contributed by atoms with van der Waals surface area (Å²) in [6, 6.07) is 10.3. The first kappa shape index (κ1) is 16.7. The minimum Gasteiger partial charge on any atom is -1.00 e. The molecule has 0 bridgehead atoms. The van der Waals surface area contributed by atoms with Crippen molar-refractivity contribution in [3.63, 3.8) is 0 Å². The molecule has 1 aromatic rings. The summed E-state index contributed by atoms with van der Waals surface area (Å²) in [7, 11) is -1.24. The predicted octanol–water partition coefficient (Wildman–Crippen LogP) is 0.357. The lowest BCUT2D eigenvalue weighted by atomic mass is 10.4. The van der Waals surface area contributed by atoms with Crippen molar-refractivity contribution < 1.29 is 21.9 Å². The second-order valence-electron chi connectivity index (χ2n) is 4.37. The molecule has 0 aliphatic rings. The average Bonchev–Trinajstić information content (AvgIpc) is 2.16. The minimum atomic E-state index is -1.24. The summed E-state index contributed by atoms with van der Waals surface area (Å²) in [5.74, 6) is 0. The summed E-state index contributed by atoms with van der Waals surface area (Å²) in [5.41, 5.74) is -0.722. The van der Waals surface area contributed by atoms with Crippen LogP contribution in [-0.4, -0.2) is 31.0 Å². The molecule has 2 nitrogen and oxygen atoms in total. The van der Waals surface area contributed by atoms with Crippen LogP contribution in [0.1, 0.15) is 6.92 Å². The quantitative estimate of drug-likeness (QED) is 0.592. The van der Waals surface area contributed by atoms with Crippen molar-refractivity contribution in [2.45, 2.75) is 13.0 Å². The highest BCUT2D eigenvalue weighted by atomic mass is 35.5. The summed E-state index contributed by atoms with van der Waals surface area (Å²) in [4.78, 5) is 10.6. The van der Waals surface area contributed by atoms with E-state index in [1.54, 1.807) is 0 Å². The zero-order valence-corrected chi connectivity index (χ0v) is 12.6. The molecule has 0 fully saturated rings. The fourth-order valence-corrected chi connectivity index (χ4v) is 4.48. The highest BCUT2D eigenvalue weighted by molar-refractivity contribution is 7.81. The van der Waals surface area contributed by atoms with Crippen LogP contribution in [-0.2, 0) is 4.74 Å². The lowest BCUT2D eigenvalue weighted by Crippen LogP contribution is -3.00. The molecule has 0 heterocycles. The van der Waals surface area contributed by atoms with E-state index in [0.29, 0.717) is 0 Å². The Kier molecular flexibility index (Phi) is 7.08. The first-order valence-corrected chi connectivity index (χ1v) is 8.41. The fourth-order valence-electron chi connectivity index (χ4n) is 1.78. The van der Waals surface area contributed by atoms with Crippen LogP contribution >= 0.6 is 18.9 Å². The lowest BCUT2D eigenvalue weighted by molar-refractivity contribution is -0.0000103. The maximum atomic E-state index is 10.6. The Morgan fingerprint density at radius 3 is 2.35 bits per heavy atom. The summed E-state index contributed by atoms with van der Waals surface area (Å²) >= 11 is 5.20. The highest BCUT2D eigenvalue weighted by Crippen LogP contribution is 2.50. The van der Waals surface area contributed by atoms with Crippen LogP contribution in [0.3, 0.4) is 0 Å². The van der Waals surface area contributed by atoms with Gasteiger partial charge in [-0.2, -0.15) is 0 Å². The molecular weight excluding hydrogens is 278 g/mol. The molecule has 0 saturated heterocycles. The minimum absolute atomic E-state index is 0. The Balaban J connectivity index is 0.00000256. The molecule has 0 aliphatic carbocycles. The predicted molar refractivity (Wildman–Crippen MR) is 71.5 cm³/mol. The highest BCUT2D eigenvalue weighted by Gasteiger charge is 2.31. The molecule has 0 N–H and O–H groups in total. The van der Waals surface area contributed by atoms with E-state index in [0.717, 1.165) is 6.16 Å². The Morgan fingerprint density at radius 2 is 1.88 bits per heavy atom. The Morgan fingerprint density at radius 1 is 1.35 bits per heavy atom. The first-order valence-electron chi connectivity index (χ1n) is 5.16. The van der Waals surface area contributed by atoms with Crippen molar-refractivity contribution >= 4 is 29.6 Å². The van der Waals surface area contributed by atoms with Gasteiger partial charge in [0.25, 0.3) is 0 Å². The lowest BCUT2D eigenvalue weighted by Gasteiger charge is -2.21. The molecule has 0 amide bonds. The number of benzene rings is 1. The van der Waals surface area contributed by atoms with E-state index in [2.05, 4.69) is 25.5 Å². The van der Waals surface area contributed by atoms with Gasteiger partial charge in [0, 0.05) is 18.9 Å². The van der Waals surface area contributed by atoms with Crippen molar-refractivity contribution in [3.8, 4) is 0 Å². The third-order valence-corrected chi connectivity index (χ3v) is 5.67. The molecule has 0 radical (unpaired) electrons. The SMILES string of the molecule is CC(C[P+](C)(C)c1ccccc1)OC(=O)Cl.[Cl-]. The number of hydrogen-bond donors (Lipinski definition) is 0. The average molecular weight is 295 g/mol. The number of carbonyl (C=O) groups excluding carboxylic acids is 1. The third-order valence-electron chi connectivity index (χ3n) is 2.46. The maximum absolute atomic E-state index is 10.6. The van der Waals surface area contributed by atoms with Gasteiger partial charge in [0.1, 0.15) is 12.3 Å². The Labute approximate surface area is 114 Å². The van der Waals surface area contributed by atoms with Crippen LogP contribution in [0, 0.1) is 0 Å². The Hall–Kier alpha value is -0.300. The van der Waals surface area contributed by atoms with E-state index in [1.807, 2.05) is 25.1 Å². The largest absolute Gasteiger partial charge is 1.00 e. The first-order chi connectivity index (χ1) is 7.42. The molecule has 0 spiro atoms. The molecule has 0 saturated carbocycles. The molecule has 17 heavy (non-hydrogen) atoms. The second kappa shape index (κ2) is 7.20. The van der Waals surface area contributed by atoms with Crippen LogP contribution < -0.4 is 17.7 Å². The number of hydrogen-bond acceptors (Lipinski definition) is 2. The van der Waals surface area contributed by atoms with Gasteiger partial charge in [-0.25, -0.2) is 4.79 Å². The normalized spacial score (nSPS) is 12.5. The van der Waals surface area contributed by atoms with Crippen LogP contribution in [0.5, 0.6) is 0 Å². The number of halogens is 2. The second-order valence-corrected chi connectivity index (χ2v) is 8.93. The molecular formula is C12H17Cl2O2P. The van der Waals surface area contributed by atoms with E-state index in [4.69, 9.17) is 16.3 Å². The Bertz CT molecular complexity index is 355. The zero-order chi connectivity index (χ0) is 12.2. The molecule has 5 heteroatoms. The summed E-state index contributed by atoms with van der Waals surface area (Å²) in [6.45, 7) is 6.35. The summed E-state index contributed by atoms with van der Waals surface area (Å²) < 4.78 is 4.96. The topological polar surface area (TPSA) is 26.3 Å². The van der Waals surface area contributed by atoms with E-state index in [-0.39, 0.29) is 18.5 Å². The van der Waals surface area contributed by atoms with Crippen molar-refractivity contribution in [2.75, 3.05) is 19.5 Å². The van der Waals surface area contributed by atoms with Crippen LogP contribution in [0.4, 0.5) is 4.79 Å². The van der Waals surface area contributed by atoms with Crippen LogP contribution in [0.2, 0.25) is 0 Å². The number of carbonyl (C=O) groups is 1. The van der Waals surface area contributed by atoms with Crippen molar-refractivity contribution in [2.24, 2.45) is 0 Å². The van der Waals surface area contributed by atoms with Crippen LogP contribution in [0.25, 0.3) is 0 Å². The van der Waals surface area contributed by atoms with Gasteiger partial charge in [-0.3, -0.25) is 0 Å². The van der Waals surface area contributed by atoms with Gasteiger partial charge in [-0.1, -0.05) is 18.2 Å². The van der Waals surface area contributed by atoms with E-state index >= 15 is 0 Å². The summed E-state index contributed by atoms with van der Waals surface area (Å²) in [5, 5.41) is 1.34. The van der Waals surface area contributed by atoms with Gasteiger partial charge < -0.3 is 17.1 Å². The standard InChI is InChI=1S/C12H17ClO2P.ClH/c1-10(15-12(13)14)9-16(2,3)11-7-5-4-6-8-11;/h4-8,10H,9H2,1-3H3;1H/q+1;/p-1. The summed E-state index contributed by atoms with van der Waals surface area (Å²) in [6.07, 6.45) is 0.726. The van der Waals surface area contributed by atoms with Gasteiger partial charge in [-0.05, 0) is 19.1 Å². The monoisotopic (exact) mass is 294 g/mol. The maximum Gasteiger partial charge on any atom is 0.404 e. The van der Waals surface area contributed by atoms with Gasteiger partial charge in [0.2, 0.25) is 0 Å². The van der Waals surface area contributed by atoms with Gasteiger partial charge in [-0.15, -0.1) is 0 Å². The van der Waals surface area contributed by atoms with E-state index in [9.17, 15) is 4.79 Å².